The number of thioether (sulfide) groups is 1. The molecule has 13 nitrogen and oxygen atoms in total. The first kappa shape index (κ1) is 62.0. The molecule has 4 rings (SSSR count). The molecule has 1 aliphatic carbocycles. The molecule has 0 radical (unpaired) electrons. The molecule has 3 N–H and O–H groups in total. The highest BCUT2D eigenvalue weighted by Gasteiger charge is 2.39. The van der Waals surface area contributed by atoms with Gasteiger partial charge in [0.05, 0.1) is 88.5 Å². The minimum Gasteiger partial charge on any atom is -0.463 e. The lowest BCUT2D eigenvalue weighted by atomic mass is 9.84. The predicted octanol–water partition coefficient (Wildman–Crippen LogP) is 10.1. The summed E-state index contributed by atoms with van der Waals surface area (Å²) in [5.74, 6) is 1.46. The van der Waals surface area contributed by atoms with Gasteiger partial charge in [0.2, 0.25) is 17.7 Å². The first-order valence-corrected chi connectivity index (χ1v) is 28.5. The third-order valence-corrected chi connectivity index (χ3v) is 15.3. The van der Waals surface area contributed by atoms with Gasteiger partial charge in [0, 0.05) is 38.3 Å². The van der Waals surface area contributed by atoms with Crippen LogP contribution in [0.5, 0.6) is 0 Å². The molecule has 14 heteroatoms. The van der Waals surface area contributed by atoms with Gasteiger partial charge in [-0.3, -0.25) is 14.4 Å². The molecule has 1 aliphatic rings. The zero-order valence-electron chi connectivity index (χ0n) is 45.5. The van der Waals surface area contributed by atoms with Crippen molar-refractivity contribution in [3.05, 3.63) is 119 Å². The Balaban J connectivity index is 0.965. The van der Waals surface area contributed by atoms with E-state index in [4.69, 9.17) is 28.4 Å². The van der Waals surface area contributed by atoms with Gasteiger partial charge in [0.15, 0.2) is 0 Å². The number of unbranched alkanes of at least 4 members (excludes halogenated alkanes) is 3. The van der Waals surface area contributed by atoms with Crippen LogP contribution in [0.15, 0.2) is 103 Å². The maximum absolute atomic E-state index is 13.0. The van der Waals surface area contributed by atoms with Crippen LogP contribution in [0.4, 0.5) is 0 Å². The topological polar surface area (TPSA) is 160 Å². The van der Waals surface area contributed by atoms with Crippen LogP contribution in [0.2, 0.25) is 0 Å². The second kappa shape index (κ2) is 36.4. The van der Waals surface area contributed by atoms with Crippen LogP contribution >= 0.6 is 11.8 Å². The number of hydrogen-bond acceptors (Lipinski definition) is 11. The highest BCUT2D eigenvalue weighted by atomic mass is 32.2. The van der Waals surface area contributed by atoms with Crippen molar-refractivity contribution in [3.8, 4) is 0 Å². The quantitative estimate of drug-likeness (QED) is 0.0284. The van der Waals surface area contributed by atoms with Crippen LogP contribution in [0.1, 0.15) is 135 Å². The fraction of sp³-hybridized carbons (Fsp3) is 0.600. The third-order valence-electron chi connectivity index (χ3n) is 13.7. The number of ether oxygens (including phenoxy) is 6. The monoisotopic (exact) mass is 1040 g/mol. The fourth-order valence-corrected chi connectivity index (χ4v) is 10.9. The van der Waals surface area contributed by atoms with Gasteiger partial charge in [-0.2, -0.15) is 0 Å². The molecule has 3 aromatic carbocycles. The largest absolute Gasteiger partial charge is 0.463 e. The van der Waals surface area contributed by atoms with E-state index >= 15 is 0 Å². The maximum atomic E-state index is 13.0. The van der Waals surface area contributed by atoms with Gasteiger partial charge >= 0.3 is 5.97 Å². The van der Waals surface area contributed by atoms with E-state index in [0.29, 0.717) is 76.6 Å². The van der Waals surface area contributed by atoms with E-state index in [2.05, 4.69) is 133 Å². The summed E-state index contributed by atoms with van der Waals surface area (Å²) in [6.45, 7) is 15.5. The summed E-state index contributed by atoms with van der Waals surface area (Å²) in [4.78, 5) is 50.3. The second-order valence-corrected chi connectivity index (χ2v) is 20.6. The van der Waals surface area contributed by atoms with E-state index in [1.807, 2.05) is 13.8 Å². The molecule has 5 unspecified atom stereocenters. The van der Waals surface area contributed by atoms with E-state index in [0.717, 1.165) is 37.9 Å². The van der Waals surface area contributed by atoms with E-state index in [-0.39, 0.29) is 54.6 Å². The first-order chi connectivity index (χ1) is 36.0. The molecule has 0 spiro atoms. The number of carbonyl (C=O) groups excluding carboxylic acids is 4. The normalized spacial score (nSPS) is 16.5. The molecular weight excluding hydrogens is 955 g/mol. The summed E-state index contributed by atoms with van der Waals surface area (Å²) in [7, 11) is 0. The molecule has 0 heterocycles. The van der Waals surface area contributed by atoms with Crippen molar-refractivity contribution in [2.24, 2.45) is 11.8 Å². The fourth-order valence-electron chi connectivity index (χ4n) is 9.34. The molecule has 410 valence electrons. The Kier molecular flexibility index (Phi) is 30.5. The Morgan fingerprint density at radius 1 is 0.622 bits per heavy atom. The lowest BCUT2D eigenvalue weighted by Gasteiger charge is -2.38. The summed E-state index contributed by atoms with van der Waals surface area (Å²) >= 11 is 2.06. The highest BCUT2D eigenvalue weighted by Crippen LogP contribution is 2.48. The van der Waals surface area contributed by atoms with Gasteiger partial charge in [-0.15, -0.1) is 11.8 Å². The van der Waals surface area contributed by atoms with Crippen LogP contribution in [-0.2, 0) is 52.3 Å². The Hall–Kier alpha value is -4.57. The number of hydrogen-bond donors (Lipinski definition) is 3. The van der Waals surface area contributed by atoms with Crippen LogP contribution < -0.4 is 16.0 Å². The van der Waals surface area contributed by atoms with E-state index in [1.165, 1.54) is 49.3 Å². The highest BCUT2D eigenvalue weighted by molar-refractivity contribution is 8.00. The molecule has 3 aromatic rings. The van der Waals surface area contributed by atoms with Crippen molar-refractivity contribution < 1.29 is 47.6 Å². The number of esters is 1. The Labute approximate surface area is 447 Å². The van der Waals surface area contributed by atoms with Gasteiger partial charge in [-0.05, 0) is 73.0 Å². The molecule has 0 aromatic heterocycles. The molecule has 0 saturated heterocycles. The van der Waals surface area contributed by atoms with Crippen molar-refractivity contribution >= 4 is 35.5 Å². The third kappa shape index (κ3) is 22.3. The number of benzene rings is 3. The van der Waals surface area contributed by atoms with Gasteiger partial charge in [-0.25, -0.2) is 4.79 Å². The molecule has 0 saturated carbocycles. The van der Waals surface area contributed by atoms with E-state index in [1.54, 1.807) is 13.0 Å². The Bertz CT molecular complexity index is 1940. The van der Waals surface area contributed by atoms with Gasteiger partial charge in [-0.1, -0.05) is 151 Å². The SMILES string of the molecule is CCOC(=O)C1=CC(OC(CC)CC)C(NC(C)=O)C(NC(=O)CCOCCOCCOCCOCCNC(=O)CCCCC(C)C(C)CCCCCSC(c2ccccc2)(c2ccccc2)c2ccccc2)C1. The lowest BCUT2D eigenvalue weighted by Crippen LogP contribution is -2.59. The molecule has 0 fully saturated rings. The molecule has 0 aliphatic heterocycles. The number of carbonyl (C=O) groups is 4. The molecule has 74 heavy (non-hydrogen) atoms. The van der Waals surface area contributed by atoms with Crippen molar-refractivity contribution in [1.29, 1.82) is 0 Å². The van der Waals surface area contributed by atoms with Crippen LogP contribution in [0, 0.1) is 11.8 Å². The van der Waals surface area contributed by atoms with Crippen LogP contribution in [0.3, 0.4) is 0 Å². The summed E-state index contributed by atoms with van der Waals surface area (Å²) in [6.07, 6.45) is 11.4. The Morgan fingerprint density at radius 3 is 1.65 bits per heavy atom. The molecule has 3 amide bonds. The van der Waals surface area contributed by atoms with Gasteiger partial charge in [0.25, 0.3) is 0 Å². The van der Waals surface area contributed by atoms with E-state index < -0.39 is 24.2 Å². The summed E-state index contributed by atoms with van der Waals surface area (Å²) < 4.78 is 33.7. The van der Waals surface area contributed by atoms with Crippen molar-refractivity contribution in [2.75, 3.05) is 71.8 Å². The zero-order chi connectivity index (χ0) is 53.2. The number of rotatable bonds is 39. The van der Waals surface area contributed by atoms with Crippen molar-refractivity contribution in [3.63, 3.8) is 0 Å². The second-order valence-electron chi connectivity index (χ2n) is 19.3. The minimum atomic E-state index is -0.611. The van der Waals surface area contributed by atoms with Crippen LogP contribution in [0.25, 0.3) is 0 Å². The zero-order valence-corrected chi connectivity index (χ0v) is 46.3. The molecule has 5 atom stereocenters. The van der Waals surface area contributed by atoms with E-state index in [9.17, 15) is 19.2 Å². The van der Waals surface area contributed by atoms with Gasteiger partial charge < -0.3 is 44.4 Å². The number of amides is 3. The molecule has 0 bridgehead atoms. The standard InChI is InChI=1S/C60H89N3O10S/c1-7-53(8-2)73-55-45-49(59(67)72-9-3)44-54(58(55)62-48(6)64)63-57(66)33-35-68-37-39-70-41-42-71-40-38-69-36-34-61-56(65)32-22-21-25-47(5)46(4)24-14-13-23-43-74-60(50-26-15-10-16-27-50,51-28-17-11-18-29-51)52-30-19-12-20-31-52/h10-12,15-20,26-31,45-47,53-55,58H,7-9,13-14,21-25,32-44H2,1-6H3,(H,61,65)(H,62,64)(H,63,66). The predicted molar refractivity (Wildman–Crippen MR) is 296 cm³/mol. The summed E-state index contributed by atoms with van der Waals surface area (Å²) in [6, 6.07) is 31.7. The average Bonchev–Trinajstić information content (AvgIpc) is 3.41. The molecular formula is C60H89N3O10S. The smallest absolute Gasteiger partial charge is 0.333 e. The average molecular weight is 1040 g/mol. The van der Waals surface area contributed by atoms with Gasteiger partial charge in [0.1, 0.15) is 0 Å². The lowest BCUT2D eigenvalue weighted by molar-refractivity contribution is -0.139. The maximum Gasteiger partial charge on any atom is 0.333 e. The summed E-state index contributed by atoms with van der Waals surface area (Å²) in [5.41, 5.74) is 4.36. The Morgan fingerprint density at radius 2 is 1.14 bits per heavy atom. The first-order valence-electron chi connectivity index (χ1n) is 27.5. The van der Waals surface area contributed by atoms with Crippen molar-refractivity contribution in [1.82, 2.24) is 16.0 Å². The minimum absolute atomic E-state index is 0.0694. The number of nitrogens with one attached hydrogen (secondary N) is 3. The summed E-state index contributed by atoms with van der Waals surface area (Å²) in [5, 5.41) is 8.88. The van der Waals surface area contributed by atoms with Crippen LogP contribution in [-0.4, -0.2) is 120 Å². The van der Waals surface area contributed by atoms with Crippen molar-refractivity contribution in [2.45, 2.75) is 148 Å².